The summed E-state index contributed by atoms with van der Waals surface area (Å²) in [5.41, 5.74) is 5.10. The maximum absolute atomic E-state index is 5.93. The standard InChI is InChI=1S/C26H36N4O2/c1-18-7-5-6-8-20(18)17-30-11-9-23(10-12-30)29-26(27-3)28-16-22-15-25-21(13-19(2)32-25)14-24(22)31-4/h5-8,14-15,19,23H,9-13,16-17H2,1-4H3,(H2,27,28,29). The van der Waals surface area contributed by atoms with E-state index in [0.717, 1.165) is 61.9 Å². The Morgan fingerprint density at radius 3 is 2.69 bits per heavy atom. The molecule has 32 heavy (non-hydrogen) atoms. The molecule has 0 saturated carbocycles. The largest absolute Gasteiger partial charge is 0.496 e. The Kier molecular flexibility index (Phi) is 7.20. The Bertz CT molecular complexity index is 951. The molecule has 2 N–H and O–H groups in total. The van der Waals surface area contributed by atoms with Crippen LogP contribution in [0.15, 0.2) is 41.4 Å². The van der Waals surface area contributed by atoms with Gasteiger partial charge in [0.05, 0.1) is 7.11 Å². The highest BCUT2D eigenvalue weighted by molar-refractivity contribution is 5.80. The van der Waals surface area contributed by atoms with Crippen molar-refractivity contribution in [1.82, 2.24) is 15.5 Å². The quantitative estimate of drug-likeness (QED) is 0.535. The molecular weight excluding hydrogens is 400 g/mol. The van der Waals surface area contributed by atoms with Gasteiger partial charge in [0.15, 0.2) is 5.96 Å². The van der Waals surface area contributed by atoms with E-state index in [4.69, 9.17) is 9.47 Å². The normalized spacial score (nSPS) is 19.4. The van der Waals surface area contributed by atoms with Crippen LogP contribution in [0.2, 0.25) is 0 Å². The molecule has 1 unspecified atom stereocenters. The van der Waals surface area contributed by atoms with Gasteiger partial charge in [-0.15, -0.1) is 0 Å². The summed E-state index contributed by atoms with van der Waals surface area (Å²) in [4.78, 5) is 6.99. The van der Waals surface area contributed by atoms with Gasteiger partial charge in [-0.25, -0.2) is 0 Å². The third-order valence-corrected chi connectivity index (χ3v) is 6.55. The third-order valence-electron chi connectivity index (χ3n) is 6.55. The number of fused-ring (bicyclic) bond motifs is 1. The van der Waals surface area contributed by atoms with Crippen molar-refractivity contribution < 1.29 is 9.47 Å². The summed E-state index contributed by atoms with van der Waals surface area (Å²) in [5, 5.41) is 7.07. The van der Waals surface area contributed by atoms with Crippen LogP contribution in [0.4, 0.5) is 0 Å². The van der Waals surface area contributed by atoms with Crippen molar-refractivity contribution >= 4 is 5.96 Å². The van der Waals surface area contributed by atoms with Crippen molar-refractivity contribution in [1.29, 1.82) is 0 Å². The topological polar surface area (TPSA) is 58.1 Å². The summed E-state index contributed by atoms with van der Waals surface area (Å²) < 4.78 is 11.6. The number of ether oxygens (including phenoxy) is 2. The van der Waals surface area contributed by atoms with E-state index in [0.29, 0.717) is 12.6 Å². The smallest absolute Gasteiger partial charge is 0.191 e. The Hall–Kier alpha value is -2.73. The van der Waals surface area contributed by atoms with E-state index >= 15 is 0 Å². The predicted octanol–water partition coefficient (Wildman–Crippen LogP) is 3.66. The molecule has 1 saturated heterocycles. The first kappa shape index (κ1) is 22.5. The zero-order chi connectivity index (χ0) is 22.5. The fraction of sp³-hybridized carbons (Fsp3) is 0.500. The van der Waals surface area contributed by atoms with Gasteiger partial charge >= 0.3 is 0 Å². The second kappa shape index (κ2) is 10.3. The minimum Gasteiger partial charge on any atom is -0.496 e. The summed E-state index contributed by atoms with van der Waals surface area (Å²) in [6.07, 6.45) is 3.38. The molecule has 4 rings (SSSR count). The molecule has 1 atom stereocenters. The number of nitrogens with zero attached hydrogens (tertiary/aromatic N) is 2. The number of hydrogen-bond acceptors (Lipinski definition) is 4. The molecule has 6 nitrogen and oxygen atoms in total. The molecule has 2 aliphatic rings. The molecular formula is C26H36N4O2. The molecule has 0 aliphatic carbocycles. The molecule has 2 aromatic rings. The zero-order valence-corrected chi connectivity index (χ0v) is 19.8. The first-order chi connectivity index (χ1) is 15.6. The van der Waals surface area contributed by atoms with Gasteiger partial charge in [0, 0.05) is 56.8 Å². The lowest BCUT2D eigenvalue weighted by Gasteiger charge is -2.33. The van der Waals surface area contributed by atoms with Crippen LogP contribution >= 0.6 is 0 Å². The minimum atomic E-state index is 0.226. The number of methoxy groups -OCH3 is 1. The van der Waals surface area contributed by atoms with Crippen LogP contribution in [-0.2, 0) is 19.5 Å². The number of likely N-dealkylation sites (tertiary alicyclic amines) is 1. The summed E-state index contributed by atoms with van der Waals surface area (Å²) >= 11 is 0. The van der Waals surface area contributed by atoms with Crippen LogP contribution in [0.3, 0.4) is 0 Å². The highest BCUT2D eigenvalue weighted by Crippen LogP contribution is 2.34. The van der Waals surface area contributed by atoms with Gasteiger partial charge < -0.3 is 20.1 Å². The van der Waals surface area contributed by atoms with Gasteiger partial charge in [-0.1, -0.05) is 24.3 Å². The number of piperidine rings is 1. The maximum atomic E-state index is 5.93. The van der Waals surface area contributed by atoms with Crippen molar-refractivity contribution in [3.05, 3.63) is 58.7 Å². The lowest BCUT2D eigenvalue weighted by Crippen LogP contribution is -2.48. The third kappa shape index (κ3) is 5.36. The molecule has 1 fully saturated rings. The highest BCUT2D eigenvalue weighted by atomic mass is 16.5. The van der Waals surface area contributed by atoms with E-state index < -0.39 is 0 Å². The Labute approximate surface area is 192 Å². The number of benzene rings is 2. The molecule has 0 radical (unpaired) electrons. The predicted molar refractivity (Wildman–Crippen MR) is 130 cm³/mol. The number of rotatable bonds is 6. The molecule has 0 bridgehead atoms. The van der Waals surface area contributed by atoms with E-state index in [1.165, 1.54) is 16.7 Å². The number of aliphatic imine (C=N–C) groups is 1. The lowest BCUT2D eigenvalue weighted by molar-refractivity contribution is 0.198. The van der Waals surface area contributed by atoms with Crippen molar-refractivity contribution in [2.45, 2.75) is 58.3 Å². The van der Waals surface area contributed by atoms with Gasteiger partial charge in [0.25, 0.3) is 0 Å². The fourth-order valence-electron chi connectivity index (χ4n) is 4.64. The maximum Gasteiger partial charge on any atom is 0.191 e. The second-order valence-electron chi connectivity index (χ2n) is 8.95. The second-order valence-corrected chi connectivity index (χ2v) is 8.95. The number of nitrogens with one attached hydrogen (secondary N) is 2. The monoisotopic (exact) mass is 436 g/mol. The van der Waals surface area contributed by atoms with Gasteiger partial charge in [-0.05, 0) is 49.9 Å². The van der Waals surface area contributed by atoms with Gasteiger partial charge in [-0.3, -0.25) is 9.89 Å². The molecule has 2 aromatic carbocycles. The molecule has 0 amide bonds. The number of hydrogen-bond donors (Lipinski definition) is 2. The van der Waals surface area contributed by atoms with E-state index in [9.17, 15) is 0 Å². The van der Waals surface area contributed by atoms with Crippen molar-refractivity contribution in [3.8, 4) is 11.5 Å². The molecule has 0 aromatic heterocycles. The number of guanidine groups is 1. The zero-order valence-electron chi connectivity index (χ0n) is 19.8. The van der Waals surface area contributed by atoms with Crippen molar-refractivity contribution in [2.75, 3.05) is 27.2 Å². The molecule has 6 heteroatoms. The van der Waals surface area contributed by atoms with Crippen molar-refractivity contribution in [3.63, 3.8) is 0 Å². The van der Waals surface area contributed by atoms with Gasteiger partial charge in [0.2, 0.25) is 0 Å². The minimum absolute atomic E-state index is 0.226. The van der Waals surface area contributed by atoms with Gasteiger partial charge in [-0.2, -0.15) is 0 Å². The summed E-state index contributed by atoms with van der Waals surface area (Å²) in [5.74, 6) is 2.70. The fourth-order valence-corrected chi connectivity index (χ4v) is 4.64. The van der Waals surface area contributed by atoms with E-state index in [-0.39, 0.29) is 6.10 Å². The molecule has 0 spiro atoms. The summed E-state index contributed by atoms with van der Waals surface area (Å²) in [7, 11) is 3.55. The lowest BCUT2D eigenvalue weighted by atomic mass is 10.0. The summed E-state index contributed by atoms with van der Waals surface area (Å²) in [6, 6.07) is 13.3. The Balaban J connectivity index is 1.28. The van der Waals surface area contributed by atoms with Crippen LogP contribution in [-0.4, -0.2) is 50.3 Å². The first-order valence-corrected chi connectivity index (χ1v) is 11.7. The molecule has 2 heterocycles. The van der Waals surface area contributed by atoms with Crippen LogP contribution in [0.1, 0.15) is 42.0 Å². The Morgan fingerprint density at radius 2 is 1.97 bits per heavy atom. The summed E-state index contributed by atoms with van der Waals surface area (Å²) in [6.45, 7) is 8.16. The van der Waals surface area contributed by atoms with Gasteiger partial charge in [0.1, 0.15) is 17.6 Å². The van der Waals surface area contributed by atoms with E-state index in [2.05, 4.69) is 70.8 Å². The average molecular weight is 437 g/mol. The van der Waals surface area contributed by atoms with Crippen LogP contribution in [0.5, 0.6) is 11.5 Å². The SMILES string of the molecule is CN=C(NCc1cc2c(cc1OC)CC(C)O2)NC1CCN(Cc2ccccc2C)CC1. The van der Waals surface area contributed by atoms with Crippen LogP contribution < -0.4 is 20.1 Å². The van der Waals surface area contributed by atoms with Crippen molar-refractivity contribution in [2.24, 2.45) is 4.99 Å². The Morgan fingerprint density at radius 1 is 1.19 bits per heavy atom. The first-order valence-electron chi connectivity index (χ1n) is 11.7. The molecule has 2 aliphatic heterocycles. The average Bonchev–Trinajstić information content (AvgIpc) is 3.17. The number of aryl methyl sites for hydroxylation is 1. The van der Waals surface area contributed by atoms with Crippen LogP contribution in [0, 0.1) is 6.92 Å². The van der Waals surface area contributed by atoms with E-state index in [1.807, 2.05) is 7.05 Å². The van der Waals surface area contributed by atoms with E-state index in [1.54, 1.807) is 7.11 Å². The molecule has 172 valence electrons. The van der Waals surface area contributed by atoms with Crippen LogP contribution in [0.25, 0.3) is 0 Å². The highest BCUT2D eigenvalue weighted by Gasteiger charge is 2.23.